The van der Waals surface area contributed by atoms with Crippen LogP contribution in [0, 0.1) is 13.8 Å². The molecule has 0 saturated heterocycles. The molecule has 0 radical (unpaired) electrons. The molecule has 0 aliphatic rings. The summed E-state index contributed by atoms with van der Waals surface area (Å²) in [5.74, 6) is 0.830. The predicted molar refractivity (Wildman–Crippen MR) is 106 cm³/mol. The third kappa shape index (κ3) is 5.45. The quantitative estimate of drug-likeness (QED) is 0.665. The normalized spacial score (nSPS) is 10.6. The topological polar surface area (TPSA) is 56.1 Å². The standard InChI is InChI=1S/C22H25N3O2/c1-17-5-3-6-21(18(17)2)27-14-11-22(26)23-15-19-7-9-20(10-8-19)16-25-13-4-12-24-25/h3-10,12-13H,11,14-16H2,1-2H3,(H,23,26). The van der Waals surface area contributed by atoms with Gasteiger partial charge in [-0.15, -0.1) is 0 Å². The van der Waals surface area contributed by atoms with Gasteiger partial charge < -0.3 is 10.1 Å². The summed E-state index contributed by atoms with van der Waals surface area (Å²) in [6, 6.07) is 16.1. The van der Waals surface area contributed by atoms with Crippen LogP contribution in [0.3, 0.4) is 0 Å². The van der Waals surface area contributed by atoms with E-state index in [0.29, 0.717) is 19.6 Å². The average molecular weight is 363 g/mol. The van der Waals surface area contributed by atoms with Crippen LogP contribution in [0.1, 0.15) is 28.7 Å². The lowest BCUT2D eigenvalue weighted by molar-refractivity contribution is -0.121. The van der Waals surface area contributed by atoms with E-state index in [9.17, 15) is 4.79 Å². The number of rotatable bonds is 8. The smallest absolute Gasteiger partial charge is 0.223 e. The van der Waals surface area contributed by atoms with Crippen LogP contribution >= 0.6 is 0 Å². The van der Waals surface area contributed by atoms with E-state index in [-0.39, 0.29) is 5.91 Å². The summed E-state index contributed by atoms with van der Waals surface area (Å²) in [6.45, 7) is 5.72. The predicted octanol–water partition coefficient (Wildman–Crippen LogP) is 3.63. The summed E-state index contributed by atoms with van der Waals surface area (Å²) < 4.78 is 7.62. The molecular formula is C22H25N3O2. The van der Waals surface area contributed by atoms with Crippen molar-refractivity contribution in [3.8, 4) is 5.75 Å². The zero-order valence-electron chi connectivity index (χ0n) is 15.8. The first-order valence-electron chi connectivity index (χ1n) is 9.13. The SMILES string of the molecule is Cc1cccc(OCCC(=O)NCc2ccc(Cn3cccn3)cc2)c1C. The van der Waals surface area contributed by atoms with Crippen LogP contribution in [0.25, 0.3) is 0 Å². The number of benzene rings is 2. The Morgan fingerprint density at radius 1 is 1.07 bits per heavy atom. The zero-order chi connectivity index (χ0) is 19.1. The van der Waals surface area contributed by atoms with Gasteiger partial charge in [-0.3, -0.25) is 9.48 Å². The first-order valence-corrected chi connectivity index (χ1v) is 9.13. The number of carbonyl (C=O) groups is 1. The van der Waals surface area contributed by atoms with E-state index in [0.717, 1.165) is 23.4 Å². The Bertz CT molecular complexity index is 871. The zero-order valence-corrected chi connectivity index (χ0v) is 15.8. The minimum atomic E-state index is -0.0130. The number of amides is 1. The van der Waals surface area contributed by atoms with Crippen LogP contribution < -0.4 is 10.1 Å². The molecule has 2 aromatic carbocycles. The summed E-state index contributed by atoms with van der Waals surface area (Å²) in [5, 5.41) is 7.14. The van der Waals surface area contributed by atoms with Crippen LogP contribution in [0.15, 0.2) is 60.9 Å². The Hall–Kier alpha value is -3.08. The van der Waals surface area contributed by atoms with Crippen molar-refractivity contribution in [3.63, 3.8) is 0 Å². The Labute approximate surface area is 160 Å². The highest BCUT2D eigenvalue weighted by molar-refractivity contribution is 5.76. The molecule has 0 atom stereocenters. The summed E-state index contributed by atoms with van der Waals surface area (Å²) in [6.07, 6.45) is 4.05. The second kappa shape index (κ2) is 9.03. The molecular weight excluding hydrogens is 338 g/mol. The van der Waals surface area contributed by atoms with Gasteiger partial charge in [0.25, 0.3) is 0 Å². The second-order valence-corrected chi connectivity index (χ2v) is 6.59. The molecule has 0 aliphatic heterocycles. The molecule has 0 saturated carbocycles. The maximum atomic E-state index is 12.0. The second-order valence-electron chi connectivity index (χ2n) is 6.59. The van der Waals surface area contributed by atoms with Gasteiger partial charge in [-0.05, 0) is 48.2 Å². The van der Waals surface area contributed by atoms with Crippen LogP contribution in [0.2, 0.25) is 0 Å². The molecule has 0 spiro atoms. The third-order valence-corrected chi connectivity index (χ3v) is 4.56. The highest BCUT2D eigenvalue weighted by atomic mass is 16.5. The van der Waals surface area contributed by atoms with E-state index in [1.165, 1.54) is 11.1 Å². The van der Waals surface area contributed by atoms with E-state index in [2.05, 4.69) is 35.5 Å². The molecule has 27 heavy (non-hydrogen) atoms. The first kappa shape index (κ1) is 18.7. The minimum Gasteiger partial charge on any atom is -0.493 e. The number of ether oxygens (including phenoxy) is 1. The van der Waals surface area contributed by atoms with E-state index in [1.807, 2.05) is 48.1 Å². The molecule has 0 fully saturated rings. The number of nitrogens with one attached hydrogen (secondary N) is 1. The highest BCUT2D eigenvalue weighted by Crippen LogP contribution is 2.20. The fraction of sp³-hybridized carbons (Fsp3) is 0.273. The molecule has 140 valence electrons. The van der Waals surface area contributed by atoms with Crippen molar-refractivity contribution in [1.29, 1.82) is 0 Å². The molecule has 5 heteroatoms. The first-order chi connectivity index (χ1) is 13.1. The molecule has 0 aliphatic carbocycles. The largest absolute Gasteiger partial charge is 0.493 e. The fourth-order valence-electron chi connectivity index (χ4n) is 2.77. The van der Waals surface area contributed by atoms with Gasteiger partial charge in [0.1, 0.15) is 5.75 Å². The van der Waals surface area contributed by atoms with Gasteiger partial charge in [-0.2, -0.15) is 5.10 Å². The number of hydrogen-bond donors (Lipinski definition) is 1. The average Bonchev–Trinajstić information content (AvgIpc) is 3.18. The van der Waals surface area contributed by atoms with Crippen LogP contribution in [0.5, 0.6) is 5.75 Å². The molecule has 1 aromatic heterocycles. The van der Waals surface area contributed by atoms with Gasteiger partial charge in [0.2, 0.25) is 5.91 Å². The Morgan fingerprint density at radius 2 is 1.85 bits per heavy atom. The van der Waals surface area contributed by atoms with Gasteiger partial charge in [0.05, 0.1) is 19.6 Å². The van der Waals surface area contributed by atoms with Crippen molar-refractivity contribution < 1.29 is 9.53 Å². The Morgan fingerprint density at radius 3 is 2.59 bits per heavy atom. The van der Waals surface area contributed by atoms with Gasteiger partial charge >= 0.3 is 0 Å². The van der Waals surface area contributed by atoms with Gasteiger partial charge in [-0.25, -0.2) is 0 Å². The van der Waals surface area contributed by atoms with Gasteiger partial charge in [-0.1, -0.05) is 36.4 Å². The van der Waals surface area contributed by atoms with Crippen LogP contribution in [-0.2, 0) is 17.9 Å². The van der Waals surface area contributed by atoms with Crippen LogP contribution in [-0.4, -0.2) is 22.3 Å². The highest BCUT2D eigenvalue weighted by Gasteiger charge is 2.05. The molecule has 3 rings (SSSR count). The lowest BCUT2D eigenvalue weighted by atomic mass is 10.1. The molecule has 1 amide bonds. The number of hydrogen-bond acceptors (Lipinski definition) is 3. The Balaban J connectivity index is 1.40. The monoisotopic (exact) mass is 363 g/mol. The number of aryl methyl sites for hydroxylation is 1. The number of carbonyl (C=O) groups excluding carboxylic acids is 1. The molecule has 0 bridgehead atoms. The molecule has 1 heterocycles. The van der Waals surface area contributed by atoms with Crippen molar-refractivity contribution in [3.05, 3.63) is 83.2 Å². The van der Waals surface area contributed by atoms with E-state index in [1.54, 1.807) is 6.20 Å². The van der Waals surface area contributed by atoms with Crippen molar-refractivity contribution in [2.75, 3.05) is 6.61 Å². The lowest BCUT2D eigenvalue weighted by Crippen LogP contribution is -2.24. The van der Waals surface area contributed by atoms with E-state index < -0.39 is 0 Å². The third-order valence-electron chi connectivity index (χ3n) is 4.56. The van der Waals surface area contributed by atoms with Gasteiger partial charge in [0, 0.05) is 18.9 Å². The van der Waals surface area contributed by atoms with Crippen molar-refractivity contribution >= 4 is 5.91 Å². The van der Waals surface area contributed by atoms with Crippen LogP contribution in [0.4, 0.5) is 0 Å². The van der Waals surface area contributed by atoms with E-state index in [4.69, 9.17) is 4.74 Å². The summed E-state index contributed by atoms with van der Waals surface area (Å²) >= 11 is 0. The summed E-state index contributed by atoms with van der Waals surface area (Å²) in [4.78, 5) is 12.0. The fourth-order valence-corrected chi connectivity index (χ4v) is 2.77. The minimum absolute atomic E-state index is 0.0130. The molecule has 5 nitrogen and oxygen atoms in total. The van der Waals surface area contributed by atoms with Crippen molar-refractivity contribution in [2.45, 2.75) is 33.4 Å². The van der Waals surface area contributed by atoms with E-state index >= 15 is 0 Å². The van der Waals surface area contributed by atoms with Gasteiger partial charge in [0.15, 0.2) is 0 Å². The number of aromatic nitrogens is 2. The molecule has 3 aromatic rings. The lowest BCUT2D eigenvalue weighted by Gasteiger charge is -2.11. The summed E-state index contributed by atoms with van der Waals surface area (Å²) in [5.41, 5.74) is 4.56. The summed E-state index contributed by atoms with van der Waals surface area (Å²) in [7, 11) is 0. The maximum absolute atomic E-state index is 12.0. The van der Waals surface area contributed by atoms with Crippen molar-refractivity contribution in [1.82, 2.24) is 15.1 Å². The Kier molecular flexibility index (Phi) is 6.26. The maximum Gasteiger partial charge on any atom is 0.223 e. The van der Waals surface area contributed by atoms with Crippen molar-refractivity contribution in [2.24, 2.45) is 0 Å². The number of nitrogens with zero attached hydrogens (tertiary/aromatic N) is 2. The molecule has 1 N–H and O–H groups in total. The molecule has 0 unspecified atom stereocenters.